The number of pyridine rings is 1. The molecule has 1 rings (SSSR count). The summed E-state index contributed by atoms with van der Waals surface area (Å²) >= 11 is -2.06. The molecule has 1 aromatic heterocycles. The highest BCUT2D eigenvalue weighted by Gasteiger charge is 1.99. The standard InChI is InChI=1S/C7H10N2O2S/c1-8-7-6(5-12(10)11)3-2-4-9-7/h2-4H,5H2,1H3,(H,8,9)(H,10,11)/p-1. The quantitative estimate of drug-likeness (QED) is 0.696. The van der Waals surface area contributed by atoms with Crippen LogP contribution in [0.4, 0.5) is 5.82 Å². The Hall–Kier alpha value is -0.940. The van der Waals surface area contributed by atoms with Crippen LogP contribution in [0.15, 0.2) is 18.3 Å². The summed E-state index contributed by atoms with van der Waals surface area (Å²) in [6, 6.07) is 3.44. The Kier molecular flexibility index (Phi) is 3.19. The first-order valence-corrected chi connectivity index (χ1v) is 4.66. The second-order valence-electron chi connectivity index (χ2n) is 2.21. The monoisotopic (exact) mass is 185 g/mol. The minimum atomic E-state index is -2.06. The van der Waals surface area contributed by atoms with Crippen LogP contribution in [0, 0.1) is 0 Å². The van der Waals surface area contributed by atoms with E-state index in [0.29, 0.717) is 11.4 Å². The first kappa shape index (κ1) is 9.15. The smallest absolute Gasteiger partial charge is 0.129 e. The molecule has 12 heavy (non-hydrogen) atoms. The third-order valence-electron chi connectivity index (χ3n) is 1.40. The van der Waals surface area contributed by atoms with Crippen LogP contribution in [0.3, 0.4) is 0 Å². The number of hydrogen-bond acceptors (Lipinski definition) is 4. The number of nitrogens with one attached hydrogen (secondary N) is 1. The second kappa shape index (κ2) is 4.18. The molecule has 0 aliphatic rings. The molecule has 1 heterocycles. The van der Waals surface area contributed by atoms with Crippen LogP contribution in [-0.2, 0) is 16.8 Å². The van der Waals surface area contributed by atoms with Crippen LogP contribution in [0.1, 0.15) is 5.56 Å². The summed E-state index contributed by atoms with van der Waals surface area (Å²) < 4.78 is 20.8. The van der Waals surface area contributed by atoms with Crippen molar-refractivity contribution in [3.63, 3.8) is 0 Å². The summed E-state index contributed by atoms with van der Waals surface area (Å²) in [4.78, 5) is 3.97. The van der Waals surface area contributed by atoms with Crippen molar-refractivity contribution in [3.05, 3.63) is 23.9 Å². The number of hydrogen-bond donors (Lipinski definition) is 1. The Morgan fingerprint density at radius 3 is 3.08 bits per heavy atom. The predicted octanol–water partition coefficient (Wildman–Crippen LogP) is 0.502. The van der Waals surface area contributed by atoms with Crippen molar-refractivity contribution >= 4 is 16.9 Å². The zero-order valence-corrected chi connectivity index (χ0v) is 7.43. The van der Waals surface area contributed by atoms with Gasteiger partial charge in [-0.2, -0.15) is 0 Å². The third-order valence-corrected chi connectivity index (χ3v) is 1.95. The normalized spacial score (nSPS) is 12.5. The molecule has 1 aromatic rings. The van der Waals surface area contributed by atoms with Gasteiger partial charge in [-0.1, -0.05) is 17.1 Å². The maximum atomic E-state index is 10.4. The van der Waals surface area contributed by atoms with E-state index >= 15 is 0 Å². The fourth-order valence-electron chi connectivity index (χ4n) is 0.907. The van der Waals surface area contributed by atoms with Gasteiger partial charge in [-0.05, 0) is 6.07 Å². The Labute approximate surface area is 73.3 Å². The second-order valence-corrected chi connectivity index (χ2v) is 3.11. The van der Waals surface area contributed by atoms with E-state index in [-0.39, 0.29) is 5.75 Å². The third kappa shape index (κ3) is 2.28. The molecule has 0 radical (unpaired) electrons. The minimum absolute atomic E-state index is 0.00398. The van der Waals surface area contributed by atoms with Gasteiger partial charge < -0.3 is 9.87 Å². The summed E-state index contributed by atoms with van der Waals surface area (Å²) in [5, 5.41) is 2.82. The van der Waals surface area contributed by atoms with Gasteiger partial charge in [0, 0.05) is 24.6 Å². The molecule has 0 bridgehead atoms. The van der Waals surface area contributed by atoms with Gasteiger partial charge >= 0.3 is 0 Å². The molecule has 0 spiro atoms. The molecular formula is C7H9N2O2S-. The first-order chi connectivity index (χ1) is 5.74. The lowest BCUT2D eigenvalue weighted by Crippen LogP contribution is -2.01. The molecule has 66 valence electrons. The molecule has 0 saturated heterocycles. The van der Waals surface area contributed by atoms with E-state index in [9.17, 15) is 8.76 Å². The van der Waals surface area contributed by atoms with Gasteiger partial charge in [-0.15, -0.1) is 0 Å². The molecule has 1 N–H and O–H groups in total. The number of nitrogens with zero attached hydrogens (tertiary/aromatic N) is 1. The molecule has 0 saturated carbocycles. The molecule has 0 aromatic carbocycles. The van der Waals surface area contributed by atoms with Crippen LogP contribution < -0.4 is 5.32 Å². The van der Waals surface area contributed by atoms with E-state index in [1.807, 2.05) is 0 Å². The number of rotatable bonds is 3. The zero-order chi connectivity index (χ0) is 8.97. The Morgan fingerprint density at radius 1 is 1.75 bits per heavy atom. The topological polar surface area (TPSA) is 65.0 Å². The van der Waals surface area contributed by atoms with Crippen molar-refractivity contribution in [2.24, 2.45) is 0 Å². The lowest BCUT2D eigenvalue weighted by molar-refractivity contribution is 0.536. The molecule has 0 amide bonds. The van der Waals surface area contributed by atoms with Gasteiger partial charge in [0.25, 0.3) is 0 Å². The van der Waals surface area contributed by atoms with Gasteiger partial charge in [0.05, 0.1) is 0 Å². The van der Waals surface area contributed by atoms with Gasteiger partial charge in [0.15, 0.2) is 0 Å². The van der Waals surface area contributed by atoms with Gasteiger partial charge in [0.1, 0.15) is 5.82 Å². The van der Waals surface area contributed by atoms with Crippen molar-refractivity contribution in [1.29, 1.82) is 0 Å². The zero-order valence-electron chi connectivity index (χ0n) is 6.61. The van der Waals surface area contributed by atoms with Crippen molar-refractivity contribution in [2.75, 3.05) is 12.4 Å². The predicted molar refractivity (Wildman–Crippen MR) is 46.4 cm³/mol. The van der Waals surface area contributed by atoms with Crippen molar-refractivity contribution in [3.8, 4) is 0 Å². The van der Waals surface area contributed by atoms with Crippen molar-refractivity contribution < 1.29 is 8.76 Å². The van der Waals surface area contributed by atoms with Crippen LogP contribution in [0.2, 0.25) is 0 Å². The maximum Gasteiger partial charge on any atom is 0.129 e. The van der Waals surface area contributed by atoms with Crippen LogP contribution >= 0.6 is 0 Å². The highest BCUT2D eigenvalue weighted by molar-refractivity contribution is 7.78. The van der Waals surface area contributed by atoms with Crippen molar-refractivity contribution in [1.82, 2.24) is 4.98 Å². The maximum absolute atomic E-state index is 10.4. The Balaban J connectivity index is 2.89. The van der Waals surface area contributed by atoms with E-state index in [0.717, 1.165) is 0 Å². The summed E-state index contributed by atoms with van der Waals surface area (Å²) in [6.07, 6.45) is 1.61. The molecule has 4 nitrogen and oxygen atoms in total. The highest BCUT2D eigenvalue weighted by atomic mass is 32.2. The summed E-state index contributed by atoms with van der Waals surface area (Å²) in [5.41, 5.74) is 0.688. The molecule has 1 atom stereocenters. The van der Waals surface area contributed by atoms with Crippen LogP contribution in [0.25, 0.3) is 0 Å². The molecule has 0 aliphatic carbocycles. The fourth-order valence-corrected chi connectivity index (χ4v) is 1.39. The van der Waals surface area contributed by atoms with Crippen LogP contribution in [-0.4, -0.2) is 20.8 Å². The van der Waals surface area contributed by atoms with E-state index in [2.05, 4.69) is 10.3 Å². The van der Waals surface area contributed by atoms with E-state index in [4.69, 9.17) is 0 Å². The van der Waals surface area contributed by atoms with E-state index < -0.39 is 11.1 Å². The SMILES string of the molecule is CNc1ncccc1CS(=O)[O-]. The Bertz CT molecular complexity index is 290. The van der Waals surface area contributed by atoms with E-state index in [1.165, 1.54) is 0 Å². The average molecular weight is 185 g/mol. The summed E-state index contributed by atoms with van der Waals surface area (Å²) in [5.74, 6) is 0.617. The number of aromatic nitrogens is 1. The van der Waals surface area contributed by atoms with Crippen LogP contribution in [0.5, 0.6) is 0 Å². The van der Waals surface area contributed by atoms with Crippen molar-refractivity contribution in [2.45, 2.75) is 5.75 Å². The lowest BCUT2D eigenvalue weighted by atomic mass is 10.3. The first-order valence-electron chi connectivity index (χ1n) is 3.41. The summed E-state index contributed by atoms with van der Waals surface area (Å²) in [7, 11) is 1.71. The number of anilines is 1. The van der Waals surface area contributed by atoms with Gasteiger partial charge in [-0.3, -0.25) is 4.21 Å². The minimum Gasteiger partial charge on any atom is -0.772 e. The van der Waals surface area contributed by atoms with E-state index in [1.54, 1.807) is 25.4 Å². The molecule has 0 aliphatic heterocycles. The Morgan fingerprint density at radius 2 is 2.50 bits per heavy atom. The fraction of sp³-hybridized carbons (Fsp3) is 0.286. The van der Waals surface area contributed by atoms with Gasteiger partial charge in [-0.25, -0.2) is 4.98 Å². The molecule has 5 heteroatoms. The lowest BCUT2D eigenvalue weighted by Gasteiger charge is -2.08. The molecule has 0 fully saturated rings. The largest absolute Gasteiger partial charge is 0.772 e. The highest BCUT2D eigenvalue weighted by Crippen LogP contribution is 2.11. The molecular weight excluding hydrogens is 176 g/mol. The molecule has 1 unspecified atom stereocenters. The average Bonchev–Trinajstić information content (AvgIpc) is 2.04. The van der Waals surface area contributed by atoms with Gasteiger partial charge in [0.2, 0.25) is 0 Å². The summed E-state index contributed by atoms with van der Waals surface area (Å²) in [6.45, 7) is 0.